The van der Waals surface area contributed by atoms with Crippen LogP contribution in [0.4, 0.5) is 11.6 Å². The third-order valence-electron chi connectivity index (χ3n) is 4.91. The molecule has 2 aromatic rings. The molecule has 0 bridgehead atoms. The van der Waals surface area contributed by atoms with Gasteiger partial charge in [0.2, 0.25) is 0 Å². The number of hydrogen-bond acceptors (Lipinski definition) is 7. The van der Waals surface area contributed by atoms with Gasteiger partial charge in [0, 0.05) is 51.0 Å². The molecular weight excluding hydrogens is 318 g/mol. The summed E-state index contributed by atoms with van der Waals surface area (Å²) in [5.74, 6) is 1.63. The van der Waals surface area contributed by atoms with Crippen molar-refractivity contribution in [3.8, 4) is 0 Å². The van der Waals surface area contributed by atoms with Crippen molar-refractivity contribution in [1.29, 1.82) is 0 Å². The van der Waals surface area contributed by atoms with E-state index in [9.17, 15) is 5.11 Å². The molecule has 0 amide bonds. The number of β-amino-alcohol motifs (C(OH)–C–C–N with tert-alkyl or cyclic N) is 1. The summed E-state index contributed by atoms with van der Waals surface area (Å²) >= 11 is 0. The Balaban J connectivity index is 1.35. The van der Waals surface area contributed by atoms with E-state index in [0.717, 1.165) is 36.8 Å². The van der Waals surface area contributed by atoms with Gasteiger partial charge >= 0.3 is 0 Å². The van der Waals surface area contributed by atoms with Crippen LogP contribution < -0.4 is 15.5 Å². The Kier molecular flexibility index (Phi) is 4.54. The fourth-order valence-electron chi connectivity index (χ4n) is 3.42. The minimum Gasteiger partial charge on any atom is -0.391 e. The van der Waals surface area contributed by atoms with Crippen LogP contribution in [0.2, 0.25) is 0 Å². The van der Waals surface area contributed by atoms with E-state index in [1.165, 1.54) is 12.8 Å². The molecule has 1 saturated heterocycles. The highest BCUT2D eigenvalue weighted by Gasteiger charge is 2.31. The molecule has 1 aliphatic carbocycles. The van der Waals surface area contributed by atoms with Crippen LogP contribution in [0, 0.1) is 0 Å². The fourth-order valence-corrected chi connectivity index (χ4v) is 3.42. The van der Waals surface area contributed by atoms with Crippen LogP contribution in [0.5, 0.6) is 0 Å². The number of hydrogen-bond donors (Lipinski definition) is 3. The first-order chi connectivity index (χ1) is 12.2. The molecule has 25 heavy (non-hydrogen) atoms. The molecule has 2 aromatic heterocycles. The number of anilines is 2. The Bertz CT molecular complexity index is 715. The number of aromatic nitrogens is 4. The van der Waals surface area contributed by atoms with E-state index in [1.54, 1.807) is 6.33 Å². The summed E-state index contributed by atoms with van der Waals surface area (Å²) in [6.45, 7) is 2.13. The lowest BCUT2D eigenvalue weighted by molar-refractivity contribution is 0.194. The highest BCUT2D eigenvalue weighted by atomic mass is 16.3. The van der Waals surface area contributed by atoms with Gasteiger partial charge in [-0.05, 0) is 19.3 Å². The van der Waals surface area contributed by atoms with Crippen molar-refractivity contribution in [2.75, 3.05) is 30.4 Å². The van der Waals surface area contributed by atoms with Crippen molar-refractivity contribution in [3.63, 3.8) is 0 Å². The lowest BCUT2D eigenvalue weighted by atomic mass is 10.2. The summed E-state index contributed by atoms with van der Waals surface area (Å²) in [5, 5.41) is 16.6. The maximum absolute atomic E-state index is 10.1. The third kappa shape index (κ3) is 3.74. The molecule has 2 atom stereocenters. The van der Waals surface area contributed by atoms with Crippen LogP contribution in [0.15, 0.2) is 24.9 Å². The second kappa shape index (κ2) is 6.97. The predicted molar refractivity (Wildman–Crippen MR) is 95.5 cm³/mol. The van der Waals surface area contributed by atoms with Gasteiger partial charge in [-0.1, -0.05) is 0 Å². The van der Waals surface area contributed by atoms with Gasteiger partial charge in [-0.3, -0.25) is 0 Å². The molecule has 2 aliphatic rings. The maximum Gasteiger partial charge on any atom is 0.134 e. The summed E-state index contributed by atoms with van der Waals surface area (Å²) in [5.41, 5.74) is 1.07. The van der Waals surface area contributed by atoms with Crippen molar-refractivity contribution >= 4 is 11.6 Å². The van der Waals surface area contributed by atoms with Crippen molar-refractivity contribution in [2.45, 2.75) is 44.0 Å². The van der Waals surface area contributed by atoms with Gasteiger partial charge in [0.05, 0.1) is 18.1 Å². The highest BCUT2D eigenvalue weighted by molar-refractivity contribution is 5.49. The molecule has 1 aliphatic heterocycles. The summed E-state index contributed by atoms with van der Waals surface area (Å²) in [6, 6.07) is 2.79. The van der Waals surface area contributed by atoms with Crippen molar-refractivity contribution < 1.29 is 5.11 Å². The van der Waals surface area contributed by atoms with Gasteiger partial charge in [0.25, 0.3) is 0 Å². The van der Waals surface area contributed by atoms with Crippen molar-refractivity contribution in [1.82, 2.24) is 24.8 Å². The minimum atomic E-state index is -0.325. The normalized spacial score (nSPS) is 23.2. The van der Waals surface area contributed by atoms with E-state index < -0.39 is 0 Å². The maximum atomic E-state index is 10.1. The van der Waals surface area contributed by atoms with Crippen LogP contribution in [-0.4, -0.2) is 56.9 Å². The van der Waals surface area contributed by atoms with E-state index in [4.69, 9.17) is 0 Å². The zero-order valence-electron chi connectivity index (χ0n) is 14.5. The van der Waals surface area contributed by atoms with E-state index in [0.29, 0.717) is 12.6 Å². The van der Waals surface area contributed by atoms with Crippen LogP contribution in [0.3, 0.4) is 0 Å². The first-order valence-electron chi connectivity index (χ1n) is 8.90. The Labute approximate surface area is 147 Å². The molecular formula is C17H25N7O. The monoisotopic (exact) mass is 343 g/mol. The van der Waals surface area contributed by atoms with Gasteiger partial charge in [-0.15, -0.1) is 0 Å². The Hall–Kier alpha value is -2.19. The lowest BCUT2D eigenvalue weighted by Crippen LogP contribution is -2.38. The number of aliphatic hydroxyl groups is 1. The molecule has 0 unspecified atom stereocenters. The average molecular weight is 343 g/mol. The number of aliphatic hydroxyl groups excluding tert-OH is 1. The Morgan fingerprint density at radius 2 is 2.16 bits per heavy atom. The largest absolute Gasteiger partial charge is 0.391 e. The lowest BCUT2D eigenvalue weighted by Gasteiger charge is -2.25. The molecule has 8 heteroatoms. The summed E-state index contributed by atoms with van der Waals surface area (Å²) in [4.78, 5) is 15.2. The van der Waals surface area contributed by atoms with E-state index >= 15 is 0 Å². The van der Waals surface area contributed by atoms with Gasteiger partial charge < -0.3 is 25.2 Å². The minimum absolute atomic E-state index is 0.208. The molecule has 134 valence electrons. The molecule has 3 heterocycles. The van der Waals surface area contributed by atoms with Crippen LogP contribution >= 0.6 is 0 Å². The SMILES string of the molecule is CNc1cc(N2C[C@H](O)C[C@@H]2CNCc2cn(C3CC3)cn2)ncn1. The Morgan fingerprint density at radius 3 is 2.96 bits per heavy atom. The number of rotatable bonds is 7. The predicted octanol–water partition coefficient (Wildman–Crippen LogP) is 0.779. The second-order valence-corrected chi connectivity index (χ2v) is 6.88. The fraction of sp³-hybridized carbons (Fsp3) is 0.588. The average Bonchev–Trinajstić information content (AvgIpc) is 3.26. The number of nitrogens with one attached hydrogen (secondary N) is 2. The number of nitrogens with zero attached hydrogens (tertiary/aromatic N) is 5. The molecule has 3 N–H and O–H groups in total. The van der Waals surface area contributed by atoms with Crippen LogP contribution in [-0.2, 0) is 6.54 Å². The van der Waals surface area contributed by atoms with Crippen LogP contribution in [0.1, 0.15) is 31.0 Å². The van der Waals surface area contributed by atoms with Gasteiger partial charge in [0.1, 0.15) is 18.0 Å². The van der Waals surface area contributed by atoms with E-state index in [-0.39, 0.29) is 12.1 Å². The zero-order chi connectivity index (χ0) is 17.2. The molecule has 0 aromatic carbocycles. The zero-order valence-corrected chi connectivity index (χ0v) is 14.5. The van der Waals surface area contributed by atoms with Gasteiger partial charge in [0.15, 0.2) is 0 Å². The standard InChI is InChI=1S/C17H25N7O/c1-18-16-5-17(21-10-20-16)24-9-15(25)4-14(24)7-19-6-12-8-23(11-22-12)13-2-3-13/h5,8,10-11,13-15,19,25H,2-4,6-7,9H2,1H3,(H,18,20,21)/t14-,15-/m1/s1. The van der Waals surface area contributed by atoms with Crippen LogP contribution in [0.25, 0.3) is 0 Å². The highest BCUT2D eigenvalue weighted by Crippen LogP contribution is 2.34. The smallest absolute Gasteiger partial charge is 0.134 e. The Morgan fingerprint density at radius 1 is 1.28 bits per heavy atom. The van der Waals surface area contributed by atoms with Gasteiger partial charge in [-0.2, -0.15) is 0 Å². The summed E-state index contributed by atoms with van der Waals surface area (Å²) in [6.07, 6.45) is 8.57. The molecule has 2 fully saturated rings. The summed E-state index contributed by atoms with van der Waals surface area (Å²) < 4.78 is 2.21. The molecule has 0 radical (unpaired) electrons. The third-order valence-corrected chi connectivity index (χ3v) is 4.91. The summed E-state index contributed by atoms with van der Waals surface area (Å²) in [7, 11) is 1.84. The molecule has 0 spiro atoms. The van der Waals surface area contributed by atoms with Crippen molar-refractivity contribution in [3.05, 3.63) is 30.6 Å². The van der Waals surface area contributed by atoms with Gasteiger partial charge in [-0.25, -0.2) is 15.0 Å². The molecule has 4 rings (SSSR count). The first kappa shape index (κ1) is 16.3. The second-order valence-electron chi connectivity index (χ2n) is 6.88. The van der Waals surface area contributed by atoms with E-state index in [2.05, 4.69) is 41.2 Å². The van der Waals surface area contributed by atoms with Crippen molar-refractivity contribution in [2.24, 2.45) is 0 Å². The topological polar surface area (TPSA) is 91.1 Å². The van der Waals surface area contributed by atoms with E-state index in [1.807, 2.05) is 19.4 Å². The molecule has 8 nitrogen and oxygen atoms in total. The first-order valence-corrected chi connectivity index (χ1v) is 8.90. The number of imidazole rings is 1. The molecule has 1 saturated carbocycles. The quantitative estimate of drug-likeness (QED) is 0.684.